The molecule has 2 N–H and O–H groups in total. The first-order chi connectivity index (χ1) is 13.5. The highest BCUT2D eigenvalue weighted by atomic mass is 16.5. The molecule has 150 valence electrons. The number of rotatable bonds is 10. The second kappa shape index (κ2) is 10.4. The number of nitrogens with zero attached hydrogens (tertiary/aromatic N) is 1. The molecule has 1 aromatic carbocycles. The number of pyridine rings is 1. The van der Waals surface area contributed by atoms with Gasteiger partial charge in [0, 0.05) is 18.3 Å². The molecular formula is C22H28N2O4. The van der Waals surface area contributed by atoms with Crippen LogP contribution < -0.4 is 10.1 Å². The van der Waals surface area contributed by atoms with Crippen LogP contribution in [0, 0.1) is 6.92 Å². The Morgan fingerprint density at radius 3 is 2.68 bits per heavy atom. The van der Waals surface area contributed by atoms with Crippen molar-refractivity contribution < 1.29 is 19.4 Å². The molecular weight excluding hydrogens is 356 g/mol. The van der Waals surface area contributed by atoms with E-state index in [1.165, 1.54) is 19.2 Å². The number of carboxylic acid groups (broad SMARTS) is 1. The summed E-state index contributed by atoms with van der Waals surface area (Å²) in [5.41, 5.74) is 2.48. The second-order valence-corrected chi connectivity index (χ2v) is 6.84. The van der Waals surface area contributed by atoms with Gasteiger partial charge in [0.05, 0.1) is 18.4 Å². The minimum absolute atomic E-state index is 0.0638. The Hall–Kier alpha value is -2.89. The third-order valence-corrected chi connectivity index (χ3v) is 4.80. The fraction of sp³-hybridized carbons (Fsp3) is 0.409. The van der Waals surface area contributed by atoms with Crippen molar-refractivity contribution in [3.8, 4) is 5.75 Å². The number of methoxy groups -OCH3 is 1. The van der Waals surface area contributed by atoms with Crippen molar-refractivity contribution in [2.45, 2.75) is 51.9 Å². The number of anilines is 1. The normalized spacial score (nSPS) is 11.7. The van der Waals surface area contributed by atoms with Crippen LogP contribution in [-0.2, 0) is 4.79 Å². The topological polar surface area (TPSA) is 88.5 Å². The van der Waals surface area contributed by atoms with Gasteiger partial charge < -0.3 is 15.2 Å². The van der Waals surface area contributed by atoms with E-state index in [0.717, 1.165) is 36.9 Å². The van der Waals surface area contributed by atoms with Gasteiger partial charge in [-0.2, -0.15) is 0 Å². The van der Waals surface area contributed by atoms with E-state index in [4.69, 9.17) is 4.74 Å². The molecule has 0 aliphatic carbocycles. The van der Waals surface area contributed by atoms with E-state index in [1.807, 2.05) is 19.1 Å². The van der Waals surface area contributed by atoms with Crippen molar-refractivity contribution in [3.63, 3.8) is 0 Å². The van der Waals surface area contributed by atoms with Crippen LogP contribution >= 0.6 is 0 Å². The Balaban J connectivity index is 2.18. The Morgan fingerprint density at radius 2 is 2.04 bits per heavy atom. The largest absolute Gasteiger partial charge is 0.495 e. The van der Waals surface area contributed by atoms with Gasteiger partial charge in [-0.1, -0.05) is 32.3 Å². The summed E-state index contributed by atoms with van der Waals surface area (Å²) in [6.07, 6.45) is 6.23. The number of unbranched alkanes of at least 4 members (excludes halogenated alkanes) is 2. The fourth-order valence-electron chi connectivity index (χ4n) is 3.30. The van der Waals surface area contributed by atoms with E-state index in [2.05, 4.69) is 17.2 Å². The third-order valence-electron chi connectivity index (χ3n) is 4.80. The molecule has 6 heteroatoms. The van der Waals surface area contributed by atoms with Crippen molar-refractivity contribution >= 4 is 17.6 Å². The highest BCUT2D eigenvalue weighted by Crippen LogP contribution is 2.30. The smallest absolute Gasteiger partial charge is 0.335 e. The Labute approximate surface area is 166 Å². The molecule has 0 spiro atoms. The maximum absolute atomic E-state index is 12.8. The number of carbonyl (C=O) groups is 2. The Kier molecular flexibility index (Phi) is 7.99. The predicted octanol–water partition coefficient (Wildman–Crippen LogP) is 4.79. The number of hydrogen-bond acceptors (Lipinski definition) is 4. The summed E-state index contributed by atoms with van der Waals surface area (Å²) >= 11 is 0. The van der Waals surface area contributed by atoms with Crippen molar-refractivity contribution in [1.29, 1.82) is 0 Å². The molecule has 0 radical (unpaired) electrons. The van der Waals surface area contributed by atoms with Gasteiger partial charge in [0.15, 0.2) is 0 Å². The lowest BCUT2D eigenvalue weighted by Crippen LogP contribution is -2.17. The molecule has 2 rings (SSSR count). The maximum atomic E-state index is 12.8. The number of carboxylic acids is 1. The minimum Gasteiger partial charge on any atom is -0.495 e. The molecule has 1 unspecified atom stereocenters. The number of carbonyl (C=O) groups excluding carboxylic acids is 1. The van der Waals surface area contributed by atoms with Gasteiger partial charge in [-0.3, -0.25) is 9.78 Å². The first kappa shape index (κ1) is 21.4. The van der Waals surface area contributed by atoms with Gasteiger partial charge in [-0.15, -0.1) is 0 Å². The van der Waals surface area contributed by atoms with Crippen molar-refractivity contribution in [1.82, 2.24) is 4.98 Å². The summed E-state index contributed by atoms with van der Waals surface area (Å²) in [6, 6.07) is 8.33. The molecule has 1 amide bonds. The lowest BCUT2D eigenvalue weighted by Gasteiger charge is -2.19. The van der Waals surface area contributed by atoms with Crippen LogP contribution in [0.5, 0.6) is 5.75 Å². The number of aryl methyl sites for hydroxylation is 1. The van der Waals surface area contributed by atoms with Crippen LogP contribution in [0.3, 0.4) is 0 Å². The van der Waals surface area contributed by atoms with E-state index in [1.54, 1.807) is 12.3 Å². The second-order valence-electron chi connectivity index (χ2n) is 6.84. The zero-order valence-corrected chi connectivity index (χ0v) is 16.7. The standard InChI is InChI=1S/C22H28N2O4/c1-4-5-6-8-16(18-9-7-12-23-15(18)2)14-21(25)24-19-13-17(22(26)27)10-11-20(19)28-3/h7,9-13,16H,4-6,8,14H2,1-3H3,(H,24,25)(H,26,27). The number of benzene rings is 1. The molecule has 6 nitrogen and oxygen atoms in total. The maximum Gasteiger partial charge on any atom is 0.335 e. The zero-order chi connectivity index (χ0) is 20.5. The molecule has 0 aliphatic heterocycles. The predicted molar refractivity (Wildman–Crippen MR) is 109 cm³/mol. The number of aromatic carboxylic acids is 1. The molecule has 0 bridgehead atoms. The molecule has 1 heterocycles. The van der Waals surface area contributed by atoms with Crippen LogP contribution in [0.4, 0.5) is 5.69 Å². The van der Waals surface area contributed by atoms with Gasteiger partial charge in [0.2, 0.25) is 5.91 Å². The summed E-state index contributed by atoms with van der Waals surface area (Å²) in [5.74, 6) is -0.737. The minimum atomic E-state index is -1.05. The number of ether oxygens (including phenoxy) is 1. The highest BCUT2D eigenvalue weighted by Gasteiger charge is 2.19. The van der Waals surface area contributed by atoms with Crippen molar-refractivity contribution in [3.05, 3.63) is 53.3 Å². The Bertz CT molecular complexity index is 820. The third kappa shape index (κ3) is 5.81. The van der Waals surface area contributed by atoms with Gasteiger partial charge in [-0.05, 0) is 49.1 Å². The number of hydrogen-bond donors (Lipinski definition) is 2. The number of aromatic nitrogens is 1. The van der Waals surface area contributed by atoms with Crippen LogP contribution in [0.2, 0.25) is 0 Å². The average molecular weight is 384 g/mol. The monoisotopic (exact) mass is 384 g/mol. The molecule has 1 atom stereocenters. The molecule has 0 aliphatic rings. The van der Waals surface area contributed by atoms with Crippen molar-refractivity contribution in [2.24, 2.45) is 0 Å². The summed E-state index contributed by atoms with van der Waals surface area (Å²) in [5, 5.41) is 12.0. The van der Waals surface area contributed by atoms with Crippen molar-refractivity contribution in [2.75, 3.05) is 12.4 Å². The van der Waals surface area contributed by atoms with E-state index < -0.39 is 5.97 Å². The van der Waals surface area contributed by atoms with E-state index in [0.29, 0.717) is 17.9 Å². The zero-order valence-electron chi connectivity index (χ0n) is 16.7. The van der Waals surface area contributed by atoms with E-state index >= 15 is 0 Å². The van der Waals surface area contributed by atoms with Gasteiger partial charge >= 0.3 is 5.97 Å². The van der Waals surface area contributed by atoms with Gasteiger partial charge in [0.25, 0.3) is 0 Å². The summed E-state index contributed by atoms with van der Waals surface area (Å²) in [7, 11) is 1.48. The lowest BCUT2D eigenvalue weighted by atomic mass is 9.89. The first-order valence-electron chi connectivity index (χ1n) is 9.59. The first-order valence-corrected chi connectivity index (χ1v) is 9.59. The van der Waals surface area contributed by atoms with Crippen LogP contribution in [0.1, 0.15) is 66.6 Å². The van der Waals surface area contributed by atoms with Crippen LogP contribution in [-0.4, -0.2) is 29.1 Å². The Morgan fingerprint density at radius 1 is 1.25 bits per heavy atom. The highest BCUT2D eigenvalue weighted by molar-refractivity contribution is 5.95. The average Bonchev–Trinajstić information content (AvgIpc) is 2.67. The van der Waals surface area contributed by atoms with Crippen LogP contribution in [0.15, 0.2) is 36.5 Å². The summed E-state index contributed by atoms with van der Waals surface area (Å²) < 4.78 is 5.25. The lowest BCUT2D eigenvalue weighted by molar-refractivity contribution is -0.116. The molecule has 0 saturated carbocycles. The molecule has 1 aromatic heterocycles. The van der Waals surface area contributed by atoms with Gasteiger partial charge in [-0.25, -0.2) is 4.79 Å². The van der Waals surface area contributed by atoms with E-state index in [-0.39, 0.29) is 17.4 Å². The molecule has 2 aromatic rings. The fourth-order valence-corrected chi connectivity index (χ4v) is 3.30. The quantitative estimate of drug-likeness (QED) is 0.575. The summed E-state index contributed by atoms with van der Waals surface area (Å²) in [4.78, 5) is 28.3. The number of amides is 1. The SMILES string of the molecule is CCCCCC(CC(=O)Nc1cc(C(=O)O)ccc1OC)c1cccnc1C. The van der Waals surface area contributed by atoms with Crippen LogP contribution in [0.25, 0.3) is 0 Å². The van der Waals surface area contributed by atoms with E-state index in [9.17, 15) is 14.7 Å². The van der Waals surface area contributed by atoms with Gasteiger partial charge in [0.1, 0.15) is 5.75 Å². The molecule has 28 heavy (non-hydrogen) atoms. The molecule has 0 saturated heterocycles. The number of nitrogens with one attached hydrogen (secondary N) is 1. The molecule has 0 fully saturated rings. The summed E-state index contributed by atoms with van der Waals surface area (Å²) in [6.45, 7) is 4.11.